The van der Waals surface area contributed by atoms with Gasteiger partial charge in [-0.15, -0.1) is 0 Å². The predicted octanol–water partition coefficient (Wildman–Crippen LogP) is 3.20. The molecule has 0 spiro atoms. The number of hydrogen-bond donors (Lipinski definition) is 0. The molecule has 0 bridgehead atoms. The highest BCUT2D eigenvalue weighted by atomic mass is 32.2. The second kappa shape index (κ2) is 4.83. The zero-order chi connectivity index (χ0) is 16.1. The average molecular weight is 328 g/mol. The van der Waals surface area contributed by atoms with E-state index in [1.54, 1.807) is 48.7 Å². The molecule has 4 rings (SSSR count). The van der Waals surface area contributed by atoms with E-state index in [0.29, 0.717) is 16.8 Å². The molecule has 0 amide bonds. The Morgan fingerprint density at radius 3 is 2.61 bits per heavy atom. The predicted molar refractivity (Wildman–Crippen MR) is 87.0 cm³/mol. The van der Waals surface area contributed by atoms with Gasteiger partial charge >= 0.3 is 0 Å². The quantitative estimate of drug-likeness (QED) is 0.738. The summed E-state index contributed by atoms with van der Waals surface area (Å²) >= 11 is 0. The van der Waals surface area contributed by atoms with Crippen LogP contribution in [0.2, 0.25) is 0 Å². The van der Waals surface area contributed by atoms with Crippen molar-refractivity contribution >= 4 is 21.1 Å². The topological polar surface area (TPSA) is 61.2 Å². The highest BCUT2D eigenvalue weighted by Gasteiger charge is 2.40. The Balaban J connectivity index is 1.82. The van der Waals surface area contributed by atoms with Crippen molar-refractivity contribution < 1.29 is 13.2 Å². The maximum Gasteiger partial charge on any atom is 0.268 e. The molecule has 118 valence electrons. The molecule has 2 heterocycles. The molecule has 0 unspecified atom stereocenters. The number of fused-ring (bicyclic) bond motifs is 1. The number of pyridine rings is 1. The van der Waals surface area contributed by atoms with Gasteiger partial charge in [0.25, 0.3) is 10.0 Å². The van der Waals surface area contributed by atoms with Crippen molar-refractivity contribution in [3.05, 3.63) is 54.9 Å². The number of rotatable bonds is 4. The van der Waals surface area contributed by atoms with Crippen LogP contribution in [0.5, 0.6) is 5.75 Å². The lowest BCUT2D eigenvalue weighted by Gasteiger charge is -2.13. The van der Waals surface area contributed by atoms with E-state index >= 15 is 0 Å². The van der Waals surface area contributed by atoms with E-state index in [9.17, 15) is 8.42 Å². The molecule has 0 aliphatic heterocycles. The zero-order valence-corrected chi connectivity index (χ0v) is 13.5. The van der Waals surface area contributed by atoms with Crippen LogP contribution in [0, 0.1) is 0 Å². The van der Waals surface area contributed by atoms with E-state index in [1.807, 2.05) is 6.92 Å². The van der Waals surface area contributed by atoms with Gasteiger partial charge in [0.05, 0.1) is 22.1 Å². The fourth-order valence-corrected chi connectivity index (χ4v) is 3.86. The Bertz CT molecular complexity index is 974. The third-order valence-corrected chi connectivity index (χ3v) is 5.80. The van der Waals surface area contributed by atoms with E-state index < -0.39 is 10.0 Å². The lowest BCUT2D eigenvalue weighted by molar-refractivity contribution is 0.200. The van der Waals surface area contributed by atoms with Crippen LogP contribution >= 0.6 is 0 Å². The van der Waals surface area contributed by atoms with E-state index in [2.05, 4.69) is 4.98 Å². The normalized spacial score (nSPS) is 16.4. The standard InChI is InChI=1S/C17H16N2O3S/c1-17(8-9-17)22-13-11-16-15(18-12-13)7-10-19(16)23(20,21)14-5-3-2-4-6-14/h2-7,10-12H,8-9H2,1H3. The van der Waals surface area contributed by atoms with Crippen LogP contribution in [0.15, 0.2) is 59.8 Å². The molecule has 1 aromatic carbocycles. The minimum absolute atomic E-state index is 0.134. The average Bonchev–Trinajstić information content (AvgIpc) is 3.11. The molecule has 1 aliphatic carbocycles. The van der Waals surface area contributed by atoms with Gasteiger partial charge in [-0.25, -0.2) is 12.4 Å². The summed E-state index contributed by atoms with van der Waals surface area (Å²) in [5, 5.41) is 0. The first-order chi connectivity index (χ1) is 11.0. The van der Waals surface area contributed by atoms with Crippen LogP contribution in [0.3, 0.4) is 0 Å². The van der Waals surface area contributed by atoms with Crippen LogP contribution in [-0.4, -0.2) is 23.0 Å². The largest absolute Gasteiger partial charge is 0.486 e. The van der Waals surface area contributed by atoms with Crippen LogP contribution in [-0.2, 0) is 10.0 Å². The fourth-order valence-electron chi connectivity index (χ4n) is 2.50. The Labute approximate surface area is 134 Å². The Kier molecular flexibility index (Phi) is 2.99. The van der Waals surface area contributed by atoms with Gasteiger partial charge in [-0.1, -0.05) is 18.2 Å². The van der Waals surface area contributed by atoms with Gasteiger partial charge in [0.2, 0.25) is 0 Å². The summed E-state index contributed by atoms with van der Waals surface area (Å²) in [4.78, 5) is 4.56. The molecule has 1 saturated carbocycles. The minimum Gasteiger partial charge on any atom is -0.486 e. The Hall–Kier alpha value is -2.34. The molecule has 0 saturated heterocycles. The van der Waals surface area contributed by atoms with Crippen molar-refractivity contribution in [1.82, 2.24) is 8.96 Å². The molecule has 5 nitrogen and oxygen atoms in total. The summed E-state index contributed by atoms with van der Waals surface area (Å²) in [6, 6.07) is 11.8. The highest BCUT2D eigenvalue weighted by Crippen LogP contribution is 2.39. The van der Waals surface area contributed by atoms with E-state index in [-0.39, 0.29) is 10.5 Å². The summed E-state index contributed by atoms with van der Waals surface area (Å²) in [5.41, 5.74) is 1.01. The lowest BCUT2D eigenvalue weighted by atomic mass is 10.3. The maximum atomic E-state index is 12.8. The smallest absolute Gasteiger partial charge is 0.268 e. The van der Waals surface area contributed by atoms with Crippen molar-refractivity contribution in [3.63, 3.8) is 0 Å². The summed E-state index contributed by atoms with van der Waals surface area (Å²) in [6.45, 7) is 2.04. The van der Waals surface area contributed by atoms with Gasteiger partial charge in [-0.05, 0) is 38.0 Å². The number of ether oxygens (including phenoxy) is 1. The second-order valence-electron chi connectivity index (χ2n) is 6.06. The molecule has 3 aromatic rings. The lowest BCUT2D eigenvalue weighted by Crippen LogP contribution is -2.13. The summed E-state index contributed by atoms with van der Waals surface area (Å²) < 4.78 is 32.8. The number of aromatic nitrogens is 2. The third-order valence-electron chi connectivity index (χ3n) is 4.10. The third kappa shape index (κ3) is 2.49. The molecular formula is C17H16N2O3S. The molecule has 1 aliphatic rings. The molecular weight excluding hydrogens is 312 g/mol. The molecule has 2 aromatic heterocycles. The van der Waals surface area contributed by atoms with Crippen LogP contribution in [0.4, 0.5) is 0 Å². The minimum atomic E-state index is -3.65. The van der Waals surface area contributed by atoms with Crippen molar-refractivity contribution in [2.45, 2.75) is 30.3 Å². The maximum absolute atomic E-state index is 12.8. The van der Waals surface area contributed by atoms with Gasteiger partial charge in [0, 0.05) is 12.3 Å². The second-order valence-corrected chi connectivity index (χ2v) is 7.87. The number of nitrogens with zero attached hydrogens (tertiary/aromatic N) is 2. The van der Waals surface area contributed by atoms with Gasteiger partial charge in [0.15, 0.2) is 0 Å². The van der Waals surface area contributed by atoms with E-state index in [4.69, 9.17) is 4.74 Å². The van der Waals surface area contributed by atoms with Crippen LogP contribution in [0.25, 0.3) is 11.0 Å². The fraction of sp³-hybridized carbons (Fsp3) is 0.235. The molecule has 1 fully saturated rings. The first-order valence-electron chi connectivity index (χ1n) is 7.45. The molecule has 0 N–H and O–H groups in total. The Morgan fingerprint density at radius 2 is 1.91 bits per heavy atom. The number of hydrogen-bond acceptors (Lipinski definition) is 4. The zero-order valence-electron chi connectivity index (χ0n) is 12.6. The first kappa shape index (κ1) is 14.3. The van der Waals surface area contributed by atoms with Gasteiger partial charge in [-0.3, -0.25) is 4.98 Å². The molecule has 23 heavy (non-hydrogen) atoms. The van der Waals surface area contributed by atoms with Crippen LogP contribution in [0.1, 0.15) is 19.8 Å². The van der Waals surface area contributed by atoms with Gasteiger partial charge in [-0.2, -0.15) is 0 Å². The van der Waals surface area contributed by atoms with Gasteiger partial charge in [0.1, 0.15) is 11.4 Å². The van der Waals surface area contributed by atoms with E-state index in [1.165, 1.54) is 10.2 Å². The molecule has 6 heteroatoms. The van der Waals surface area contributed by atoms with E-state index in [0.717, 1.165) is 12.8 Å². The van der Waals surface area contributed by atoms with Crippen LogP contribution < -0.4 is 4.74 Å². The number of benzene rings is 1. The molecule has 0 atom stereocenters. The Morgan fingerprint density at radius 1 is 1.17 bits per heavy atom. The summed E-state index contributed by atoms with van der Waals surface area (Å²) in [6.07, 6.45) is 5.19. The summed E-state index contributed by atoms with van der Waals surface area (Å²) in [5.74, 6) is 0.598. The van der Waals surface area contributed by atoms with Crippen molar-refractivity contribution in [2.24, 2.45) is 0 Å². The van der Waals surface area contributed by atoms with Crippen molar-refractivity contribution in [3.8, 4) is 5.75 Å². The van der Waals surface area contributed by atoms with Crippen molar-refractivity contribution in [2.75, 3.05) is 0 Å². The summed E-state index contributed by atoms with van der Waals surface area (Å²) in [7, 11) is -3.65. The first-order valence-corrected chi connectivity index (χ1v) is 8.89. The van der Waals surface area contributed by atoms with Crippen molar-refractivity contribution in [1.29, 1.82) is 0 Å². The SMILES string of the molecule is CC1(Oc2cnc3ccn(S(=O)(=O)c4ccccc4)c3c2)CC1. The van der Waals surface area contributed by atoms with Gasteiger partial charge < -0.3 is 4.74 Å². The highest BCUT2D eigenvalue weighted by molar-refractivity contribution is 7.90. The monoisotopic (exact) mass is 328 g/mol. The molecule has 0 radical (unpaired) electrons.